The zero-order valence-electron chi connectivity index (χ0n) is 19.5. The van der Waals surface area contributed by atoms with Crippen LogP contribution >= 0.6 is 0 Å². The van der Waals surface area contributed by atoms with Crippen molar-refractivity contribution in [1.82, 2.24) is 25.4 Å². The van der Waals surface area contributed by atoms with Crippen LogP contribution < -0.4 is 16.2 Å². The molecule has 2 saturated heterocycles. The molecule has 7 nitrogen and oxygen atoms in total. The molecule has 1 aromatic carbocycles. The fourth-order valence-electron chi connectivity index (χ4n) is 5.39. The minimum Gasteiger partial charge on any atom is -0.341 e. The quantitative estimate of drug-likeness (QED) is 0.648. The molecular formula is C25H36FN5O2. The van der Waals surface area contributed by atoms with Gasteiger partial charge in [0, 0.05) is 58.1 Å². The molecule has 2 aromatic rings. The van der Waals surface area contributed by atoms with Crippen LogP contribution in [-0.4, -0.2) is 73.2 Å². The summed E-state index contributed by atoms with van der Waals surface area (Å²) in [5.41, 5.74) is 0.660. The molecule has 2 aliphatic heterocycles. The van der Waals surface area contributed by atoms with E-state index < -0.39 is 5.82 Å². The fourth-order valence-corrected chi connectivity index (χ4v) is 5.39. The van der Waals surface area contributed by atoms with E-state index in [0.29, 0.717) is 17.3 Å². The summed E-state index contributed by atoms with van der Waals surface area (Å²) in [5.74, 6) is -0.00270. The molecule has 3 fully saturated rings. The second-order valence-electron chi connectivity index (χ2n) is 9.30. The summed E-state index contributed by atoms with van der Waals surface area (Å²) in [4.78, 5) is 30.6. The summed E-state index contributed by atoms with van der Waals surface area (Å²) in [5, 5.41) is 6.95. The second kappa shape index (κ2) is 11.1. The number of nitrogens with zero attached hydrogens (tertiary/aromatic N) is 2. The van der Waals surface area contributed by atoms with E-state index >= 15 is 0 Å². The van der Waals surface area contributed by atoms with Gasteiger partial charge in [0.05, 0.1) is 5.39 Å². The molecule has 5 rings (SSSR count). The molecule has 3 aliphatic rings. The third kappa shape index (κ3) is 5.73. The van der Waals surface area contributed by atoms with Crippen molar-refractivity contribution < 1.29 is 9.18 Å². The van der Waals surface area contributed by atoms with Crippen LogP contribution in [0.15, 0.2) is 29.1 Å². The van der Waals surface area contributed by atoms with Crippen LogP contribution in [0.4, 0.5) is 9.18 Å². The highest BCUT2D eigenvalue weighted by molar-refractivity contribution is 5.82. The molecule has 3 N–H and O–H groups in total. The number of piperidine rings is 1. The lowest BCUT2D eigenvalue weighted by Crippen LogP contribution is -2.53. The van der Waals surface area contributed by atoms with Gasteiger partial charge in [-0.1, -0.05) is 25.0 Å². The number of amides is 2. The second-order valence-corrected chi connectivity index (χ2v) is 9.30. The van der Waals surface area contributed by atoms with Gasteiger partial charge >= 0.3 is 6.03 Å². The number of pyridine rings is 1. The van der Waals surface area contributed by atoms with Crippen molar-refractivity contribution >= 4 is 16.8 Å². The van der Waals surface area contributed by atoms with E-state index in [4.69, 9.17) is 0 Å². The Balaban J connectivity index is 0.000000157. The number of nitrogens with one attached hydrogen (secondary N) is 3. The lowest BCUT2D eigenvalue weighted by atomic mass is 10.0. The van der Waals surface area contributed by atoms with Crippen LogP contribution in [0.1, 0.15) is 50.1 Å². The molecule has 0 unspecified atom stereocenters. The molecule has 3 heterocycles. The van der Waals surface area contributed by atoms with Crippen molar-refractivity contribution in [3.63, 3.8) is 0 Å². The maximum Gasteiger partial charge on any atom is 0.317 e. The van der Waals surface area contributed by atoms with Crippen LogP contribution in [0.2, 0.25) is 0 Å². The molecule has 0 radical (unpaired) electrons. The van der Waals surface area contributed by atoms with Crippen molar-refractivity contribution in [2.75, 3.05) is 46.3 Å². The third-order valence-electron chi connectivity index (χ3n) is 7.27. The molecule has 2 amide bonds. The monoisotopic (exact) mass is 457 g/mol. The number of aromatic amines is 1. The van der Waals surface area contributed by atoms with Gasteiger partial charge in [-0.2, -0.15) is 0 Å². The Labute approximate surface area is 194 Å². The predicted molar refractivity (Wildman–Crippen MR) is 129 cm³/mol. The number of likely N-dealkylation sites (tertiary alicyclic amines) is 1. The van der Waals surface area contributed by atoms with Crippen molar-refractivity contribution in [1.29, 1.82) is 0 Å². The standard InChI is InChI=1S/C14H14FNO.C11H22N4O/c15-11-7-3-6-10-8-12(9-4-1-2-5-9)16-14(17)13(10)11;1-12-11(16)15-6-2-10(3-7-15)14-8-4-13-5-9-14/h3,6-9H,1-2,4-5H2,(H,16,17);10,13H,2-9H2,1H3,(H,12,16). The highest BCUT2D eigenvalue weighted by atomic mass is 19.1. The predicted octanol–water partition coefficient (Wildman–Crippen LogP) is 3.02. The smallest absolute Gasteiger partial charge is 0.317 e. The van der Waals surface area contributed by atoms with Crippen molar-refractivity contribution in [3.05, 3.63) is 46.1 Å². The zero-order valence-corrected chi connectivity index (χ0v) is 19.5. The minimum absolute atomic E-state index is 0.0683. The fraction of sp³-hybridized carbons (Fsp3) is 0.600. The average molecular weight is 458 g/mol. The number of hydrogen-bond acceptors (Lipinski definition) is 4. The molecule has 8 heteroatoms. The Morgan fingerprint density at radius 1 is 1.06 bits per heavy atom. The summed E-state index contributed by atoms with van der Waals surface area (Å²) < 4.78 is 13.5. The first kappa shape index (κ1) is 23.7. The number of benzene rings is 1. The summed E-state index contributed by atoms with van der Waals surface area (Å²) >= 11 is 0. The van der Waals surface area contributed by atoms with E-state index in [9.17, 15) is 14.0 Å². The lowest BCUT2D eigenvalue weighted by Gasteiger charge is -2.40. The van der Waals surface area contributed by atoms with E-state index in [2.05, 4.69) is 20.5 Å². The Bertz CT molecular complexity index is 990. The molecule has 0 bridgehead atoms. The van der Waals surface area contributed by atoms with Crippen molar-refractivity contribution in [2.24, 2.45) is 0 Å². The summed E-state index contributed by atoms with van der Waals surface area (Å²) in [6.45, 7) is 6.32. The normalized spacial score (nSPS) is 20.5. The van der Waals surface area contributed by atoms with Crippen LogP contribution in [0, 0.1) is 5.82 Å². The number of fused-ring (bicyclic) bond motifs is 1. The van der Waals surface area contributed by atoms with Gasteiger partial charge in [-0.3, -0.25) is 9.69 Å². The van der Waals surface area contributed by atoms with Crippen LogP contribution in [0.3, 0.4) is 0 Å². The number of rotatable bonds is 2. The van der Waals surface area contributed by atoms with E-state index in [-0.39, 0.29) is 17.0 Å². The van der Waals surface area contributed by atoms with E-state index in [1.165, 1.54) is 18.9 Å². The summed E-state index contributed by atoms with van der Waals surface area (Å²) in [6.07, 6.45) is 6.91. The van der Waals surface area contributed by atoms with E-state index in [0.717, 1.165) is 70.6 Å². The molecule has 33 heavy (non-hydrogen) atoms. The zero-order chi connectivity index (χ0) is 23.2. The van der Waals surface area contributed by atoms with Crippen LogP contribution in [0.5, 0.6) is 0 Å². The lowest BCUT2D eigenvalue weighted by molar-refractivity contribution is 0.107. The number of carbonyl (C=O) groups is 1. The van der Waals surface area contributed by atoms with Crippen molar-refractivity contribution in [3.8, 4) is 0 Å². The van der Waals surface area contributed by atoms with Gasteiger partial charge in [0.15, 0.2) is 0 Å². The van der Waals surface area contributed by atoms with Crippen LogP contribution in [-0.2, 0) is 0 Å². The van der Waals surface area contributed by atoms with Gasteiger partial charge in [0.2, 0.25) is 0 Å². The first-order chi connectivity index (χ1) is 16.1. The van der Waals surface area contributed by atoms with Gasteiger partial charge in [-0.15, -0.1) is 0 Å². The Morgan fingerprint density at radius 3 is 2.42 bits per heavy atom. The Morgan fingerprint density at radius 2 is 1.76 bits per heavy atom. The SMILES string of the molecule is CNC(=O)N1CCC(N2CCNCC2)CC1.O=c1[nH]c(C2CCCC2)cc2cccc(F)c12. The minimum atomic E-state index is -0.443. The van der Waals surface area contributed by atoms with E-state index in [1.807, 2.05) is 11.0 Å². The average Bonchev–Trinajstić information content (AvgIpc) is 3.40. The number of urea groups is 1. The number of carbonyl (C=O) groups excluding carboxylic acids is 1. The van der Waals surface area contributed by atoms with E-state index in [1.54, 1.807) is 19.2 Å². The topological polar surface area (TPSA) is 80.5 Å². The van der Waals surface area contributed by atoms with Crippen LogP contribution in [0.25, 0.3) is 10.8 Å². The number of H-pyrrole nitrogens is 1. The molecule has 1 aliphatic carbocycles. The maximum atomic E-state index is 13.5. The first-order valence-corrected chi connectivity index (χ1v) is 12.3. The molecule has 0 spiro atoms. The number of halogens is 1. The maximum absolute atomic E-state index is 13.5. The Hall–Kier alpha value is -2.45. The summed E-state index contributed by atoms with van der Waals surface area (Å²) in [7, 11) is 1.70. The Kier molecular flexibility index (Phi) is 7.98. The molecule has 1 saturated carbocycles. The highest BCUT2D eigenvalue weighted by Gasteiger charge is 2.27. The molecular weight excluding hydrogens is 421 g/mol. The van der Waals surface area contributed by atoms with Gasteiger partial charge in [0.25, 0.3) is 5.56 Å². The van der Waals surface area contributed by atoms with Gasteiger partial charge in [-0.25, -0.2) is 9.18 Å². The summed E-state index contributed by atoms with van der Waals surface area (Å²) in [6, 6.07) is 7.45. The molecule has 1 aromatic heterocycles. The largest absolute Gasteiger partial charge is 0.341 e. The molecule has 0 atom stereocenters. The number of piperazine rings is 1. The van der Waals surface area contributed by atoms with Gasteiger partial charge in [0.1, 0.15) is 5.82 Å². The first-order valence-electron chi connectivity index (χ1n) is 12.3. The highest BCUT2D eigenvalue weighted by Crippen LogP contribution is 2.33. The van der Waals surface area contributed by atoms with Gasteiger partial charge < -0.3 is 20.5 Å². The number of hydrogen-bond donors (Lipinski definition) is 3. The third-order valence-corrected chi connectivity index (χ3v) is 7.27. The van der Waals surface area contributed by atoms with Gasteiger partial charge in [-0.05, 0) is 49.1 Å². The molecule has 180 valence electrons. The van der Waals surface area contributed by atoms with Crippen molar-refractivity contribution in [2.45, 2.75) is 50.5 Å². The number of aromatic nitrogens is 1.